The van der Waals surface area contributed by atoms with Gasteiger partial charge in [0.15, 0.2) is 0 Å². The molecule has 0 radical (unpaired) electrons. The number of nitrogens with two attached hydrogens (primary N) is 1. The molecule has 1 heterocycles. The second kappa shape index (κ2) is 6.02. The average molecular weight is 363 g/mol. The fourth-order valence-electron chi connectivity index (χ4n) is 2.16. The summed E-state index contributed by atoms with van der Waals surface area (Å²) in [6, 6.07) is 15.3. The minimum Gasteiger partial charge on any atom is -0.320 e. The Labute approximate surface area is 136 Å². The number of para-hydroxylation sites is 1. The van der Waals surface area contributed by atoms with Crippen molar-refractivity contribution >= 4 is 27.5 Å². The predicted molar refractivity (Wildman–Crippen MR) is 88.7 cm³/mol. The molecule has 2 aromatic carbocycles. The zero-order valence-electron chi connectivity index (χ0n) is 11.1. The summed E-state index contributed by atoms with van der Waals surface area (Å²) in [6.07, 6.45) is 3.70. The Kier molecular flexibility index (Phi) is 4.10. The molecule has 0 spiro atoms. The molecule has 5 heteroatoms. The second-order valence-electron chi connectivity index (χ2n) is 4.67. The van der Waals surface area contributed by atoms with Gasteiger partial charge in [0.1, 0.15) is 0 Å². The lowest BCUT2D eigenvalue weighted by molar-refractivity contribution is 0.861. The van der Waals surface area contributed by atoms with E-state index in [1.807, 2.05) is 54.7 Å². The van der Waals surface area contributed by atoms with E-state index in [2.05, 4.69) is 21.0 Å². The molecule has 1 aromatic heterocycles. The maximum atomic E-state index is 6.32. The summed E-state index contributed by atoms with van der Waals surface area (Å²) >= 11 is 9.73. The van der Waals surface area contributed by atoms with Gasteiger partial charge in [0.2, 0.25) is 0 Å². The molecule has 0 bridgehead atoms. The number of rotatable bonds is 3. The van der Waals surface area contributed by atoms with Gasteiger partial charge in [-0.25, -0.2) is 4.68 Å². The molecule has 106 valence electrons. The molecule has 0 amide bonds. The van der Waals surface area contributed by atoms with Crippen LogP contribution in [-0.4, -0.2) is 9.78 Å². The van der Waals surface area contributed by atoms with Gasteiger partial charge in [-0.05, 0) is 39.7 Å². The fraction of sp³-hybridized carbons (Fsp3) is 0.0625. The fourth-order valence-corrected chi connectivity index (χ4v) is 2.78. The molecule has 0 aliphatic rings. The van der Waals surface area contributed by atoms with Crippen molar-refractivity contribution in [2.24, 2.45) is 5.73 Å². The summed E-state index contributed by atoms with van der Waals surface area (Å²) in [5, 5.41) is 5.00. The van der Waals surface area contributed by atoms with E-state index in [1.54, 1.807) is 10.9 Å². The molecule has 2 N–H and O–H groups in total. The first-order valence-corrected chi connectivity index (χ1v) is 7.63. The molecule has 1 atom stereocenters. The van der Waals surface area contributed by atoms with Crippen molar-refractivity contribution in [1.29, 1.82) is 0 Å². The van der Waals surface area contributed by atoms with Gasteiger partial charge in [-0.1, -0.05) is 41.9 Å². The standard InChI is InChI=1S/C16H13BrClN3/c17-14-8-4-7-13(15(14)18)16(19)11-9-20-21(10-11)12-5-2-1-3-6-12/h1-10,16H,19H2. The van der Waals surface area contributed by atoms with Crippen LogP contribution < -0.4 is 5.73 Å². The molecular weight excluding hydrogens is 350 g/mol. The normalized spacial score (nSPS) is 12.3. The summed E-state index contributed by atoms with van der Waals surface area (Å²) in [4.78, 5) is 0. The number of hydrogen-bond donors (Lipinski definition) is 1. The third-order valence-corrected chi connectivity index (χ3v) is 4.61. The van der Waals surface area contributed by atoms with Crippen molar-refractivity contribution in [3.8, 4) is 5.69 Å². The highest BCUT2D eigenvalue weighted by Crippen LogP contribution is 2.32. The van der Waals surface area contributed by atoms with Gasteiger partial charge in [-0.3, -0.25) is 0 Å². The Hall–Kier alpha value is -1.62. The van der Waals surface area contributed by atoms with Gasteiger partial charge >= 0.3 is 0 Å². The third-order valence-electron chi connectivity index (χ3n) is 3.30. The zero-order chi connectivity index (χ0) is 14.8. The van der Waals surface area contributed by atoms with E-state index in [0.717, 1.165) is 21.3 Å². The first-order valence-electron chi connectivity index (χ1n) is 6.46. The van der Waals surface area contributed by atoms with Gasteiger partial charge in [0.25, 0.3) is 0 Å². The van der Waals surface area contributed by atoms with Crippen molar-refractivity contribution < 1.29 is 0 Å². The molecular formula is C16H13BrClN3. The summed E-state index contributed by atoms with van der Waals surface area (Å²) in [7, 11) is 0. The maximum Gasteiger partial charge on any atom is 0.0645 e. The lowest BCUT2D eigenvalue weighted by Gasteiger charge is -2.12. The second-order valence-corrected chi connectivity index (χ2v) is 5.91. The van der Waals surface area contributed by atoms with Crippen LogP contribution in [0.2, 0.25) is 5.02 Å². The van der Waals surface area contributed by atoms with Gasteiger partial charge in [0, 0.05) is 16.2 Å². The Bertz CT molecular complexity index is 755. The Balaban J connectivity index is 1.95. The van der Waals surface area contributed by atoms with Crippen molar-refractivity contribution in [2.45, 2.75) is 6.04 Å². The van der Waals surface area contributed by atoms with Crippen LogP contribution in [0, 0.1) is 0 Å². The summed E-state index contributed by atoms with van der Waals surface area (Å²) < 4.78 is 2.65. The van der Waals surface area contributed by atoms with Crippen LogP contribution in [0.3, 0.4) is 0 Å². The van der Waals surface area contributed by atoms with Gasteiger partial charge < -0.3 is 5.73 Å². The lowest BCUT2D eigenvalue weighted by atomic mass is 10.0. The summed E-state index contributed by atoms with van der Waals surface area (Å²) in [5.74, 6) is 0. The van der Waals surface area contributed by atoms with E-state index < -0.39 is 0 Å². The van der Waals surface area contributed by atoms with Gasteiger partial charge in [-0.2, -0.15) is 5.10 Å². The Morgan fingerprint density at radius 3 is 2.62 bits per heavy atom. The van der Waals surface area contributed by atoms with Crippen LogP contribution in [0.1, 0.15) is 17.2 Å². The monoisotopic (exact) mass is 361 g/mol. The van der Waals surface area contributed by atoms with Crippen LogP contribution in [0.4, 0.5) is 0 Å². The Morgan fingerprint density at radius 1 is 1.10 bits per heavy atom. The van der Waals surface area contributed by atoms with Crippen molar-refractivity contribution in [2.75, 3.05) is 0 Å². The van der Waals surface area contributed by atoms with Gasteiger partial charge in [-0.15, -0.1) is 0 Å². The molecule has 3 rings (SSSR count). The van der Waals surface area contributed by atoms with E-state index in [-0.39, 0.29) is 6.04 Å². The molecule has 0 aliphatic heterocycles. The van der Waals surface area contributed by atoms with Crippen LogP contribution in [0.5, 0.6) is 0 Å². The molecule has 21 heavy (non-hydrogen) atoms. The van der Waals surface area contributed by atoms with Crippen LogP contribution in [0.25, 0.3) is 5.69 Å². The topological polar surface area (TPSA) is 43.8 Å². The van der Waals surface area contributed by atoms with Gasteiger partial charge in [0.05, 0.1) is 22.9 Å². The zero-order valence-corrected chi connectivity index (χ0v) is 13.4. The SMILES string of the molecule is NC(c1cnn(-c2ccccc2)c1)c1cccc(Br)c1Cl. The van der Waals surface area contributed by atoms with Crippen molar-refractivity contribution in [1.82, 2.24) is 9.78 Å². The van der Waals surface area contributed by atoms with Crippen molar-refractivity contribution in [3.63, 3.8) is 0 Å². The van der Waals surface area contributed by atoms with E-state index in [4.69, 9.17) is 17.3 Å². The Morgan fingerprint density at radius 2 is 1.86 bits per heavy atom. The largest absolute Gasteiger partial charge is 0.320 e. The average Bonchev–Trinajstić information content (AvgIpc) is 3.00. The maximum absolute atomic E-state index is 6.32. The van der Waals surface area contributed by atoms with E-state index in [9.17, 15) is 0 Å². The molecule has 3 aromatic rings. The number of benzene rings is 2. The number of hydrogen-bond acceptors (Lipinski definition) is 2. The summed E-state index contributed by atoms with van der Waals surface area (Å²) in [6.45, 7) is 0. The van der Waals surface area contributed by atoms with E-state index in [1.165, 1.54) is 0 Å². The van der Waals surface area contributed by atoms with Crippen LogP contribution in [-0.2, 0) is 0 Å². The quantitative estimate of drug-likeness (QED) is 0.753. The number of halogens is 2. The molecule has 0 saturated heterocycles. The van der Waals surface area contributed by atoms with Crippen molar-refractivity contribution in [3.05, 3.63) is 81.5 Å². The van der Waals surface area contributed by atoms with E-state index >= 15 is 0 Å². The molecule has 3 nitrogen and oxygen atoms in total. The molecule has 0 saturated carbocycles. The molecule has 1 unspecified atom stereocenters. The van der Waals surface area contributed by atoms with Crippen LogP contribution >= 0.6 is 27.5 Å². The van der Waals surface area contributed by atoms with Crippen LogP contribution in [0.15, 0.2) is 65.4 Å². The highest BCUT2D eigenvalue weighted by molar-refractivity contribution is 9.10. The number of nitrogens with zero attached hydrogens (tertiary/aromatic N) is 2. The predicted octanol–water partition coefficient (Wildman–Crippen LogP) is 4.34. The molecule has 0 aliphatic carbocycles. The molecule has 0 fully saturated rings. The highest BCUT2D eigenvalue weighted by atomic mass is 79.9. The minimum absolute atomic E-state index is 0.313. The first-order chi connectivity index (χ1) is 10.2. The number of aromatic nitrogens is 2. The highest BCUT2D eigenvalue weighted by Gasteiger charge is 2.16. The third kappa shape index (κ3) is 2.88. The summed E-state index contributed by atoms with van der Waals surface area (Å²) in [5.41, 5.74) is 9.10. The first kappa shape index (κ1) is 14.3. The smallest absolute Gasteiger partial charge is 0.0645 e. The lowest BCUT2D eigenvalue weighted by Crippen LogP contribution is -2.11. The minimum atomic E-state index is -0.313. The van der Waals surface area contributed by atoms with E-state index in [0.29, 0.717) is 5.02 Å².